The summed E-state index contributed by atoms with van der Waals surface area (Å²) in [6.45, 7) is 5.28. The zero-order chi connectivity index (χ0) is 24.2. The SMILES string of the molecule is CC(C)CC(NC(=O)OCC1c2ccccc2-c2ccccc21)C(=O)N1CC(CCC(=O)O)C1. The van der Waals surface area contributed by atoms with Crippen LogP contribution in [0.15, 0.2) is 48.5 Å². The van der Waals surface area contributed by atoms with E-state index >= 15 is 0 Å². The molecule has 2 aromatic rings. The van der Waals surface area contributed by atoms with E-state index in [1.54, 1.807) is 4.90 Å². The van der Waals surface area contributed by atoms with E-state index in [1.165, 1.54) is 0 Å². The molecule has 2 N–H and O–H groups in total. The highest BCUT2D eigenvalue weighted by atomic mass is 16.5. The van der Waals surface area contributed by atoms with Crippen molar-refractivity contribution in [1.29, 1.82) is 0 Å². The van der Waals surface area contributed by atoms with Crippen molar-refractivity contribution in [2.24, 2.45) is 11.8 Å². The molecule has 2 aliphatic rings. The summed E-state index contributed by atoms with van der Waals surface area (Å²) in [6, 6.07) is 15.7. The fourth-order valence-corrected chi connectivity index (χ4v) is 4.96. The van der Waals surface area contributed by atoms with Gasteiger partial charge in [-0.15, -0.1) is 0 Å². The van der Waals surface area contributed by atoms with Gasteiger partial charge in [0.15, 0.2) is 0 Å². The lowest BCUT2D eigenvalue weighted by Gasteiger charge is -2.41. The number of rotatable bonds is 9. The highest BCUT2D eigenvalue weighted by Crippen LogP contribution is 2.44. The molecule has 1 atom stereocenters. The van der Waals surface area contributed by atoms with Crippen LogP contribution in [-0.2, 0) is 14.3 Å². The van der Waals surface area contributed by atoms with Gasteiger partial charge < -0.3 is 20.1 Å². The number of carboxylic acid groups (broad SMARTS) is 1. The number of benzene rings is 2. The van der Waals surface area contributed by atoms with Crippen LogP contribution in [0, 0.1) is 11.8 Å². The first kappa shape index (κ1) is 23.8. The third kappa shape index (κ3) is 5.24. The molecule has 1 heterocycles. The Hall–Kier alpha value is -3.35. The van der Waals surface area contributed by atoms with Crippen molar-refractivity contribution in [3.8, 4) is 11.1 Å². The van der Waals surface area contributed by atoms with Crippen LogP contribution < -0.4 is 5.32 Å². The number of hydrogen-bond acceptors (Lipinski definition) is 4. The Bertz CT molecular complexity index is 1010. The van der Waals surface area contributed by atoms with Crippen LogP contribution in [0.1, 0.15) is 50.2 Å². The van der Waals surface area contributed by atoms with Gasteiger partial charge in [-0.2, -0.15) is 0 Å². The number of likely N-dealkylation sites (tertiary alicyclic amines) is 1. The van der Waals surface area contributed by atoms with E-state index in [2.05, 4.69) is 29.6 Å². The quantitative estimate of drug-likeness (QED) is 0.578. The molecule has 2 amide bonds. The maximum atomic E-state index is 13.0. The molecule has 7 heteroatoms. The number of ether oxygens (including phenoxy) is 1. The van der Waals surface area contributed by atoms with E-state index in [-0.39, 0.29) is 36.7 Å². The van der Waals surface area contributed by atoms with Crippen molar-refractivity contribution in [3.05, 3.63) is 59.7 Å². The number of nitrogens with one attached hydrogen (secondary N) is 1. The molecule has 4 rings (SSSR count). The van der Waals surface area contributed by atoms with Gasteiger partial charge in [-0.1, -0.05) is 62.4 Å². The highest BCUT2D eigenvalue weighted by molar-refractivity contribution is 5.86. The van der Waals surface area contributed by atoms with E-state index in [4.69, 9.17) is 9.84 Å². The van der Waals surface area contributed by atoms with Gasteiger partial charge in [0.2, 0.25) is 5.91 Å². The molecule has 1 unspecified atom stereocenters. The number of carbonyl (C=O) groups is 3. The van der Waals surface area contributed by atoms with Gasteiger partial charge in [0, 0.05) is 25.4 Å². The van der Waals surface area contributed by atoms with Crippen molar-refractivity contribution in [3.63, 3.8) is 0 Å². The fourth-order valence-electron chi connectivity index (χ4n) is 4.96. The highest BCUT2D eigenvalue weighted by Gasteiger charge is 2.36. The lowest BCUT2D eigenvalue weighted by Crippen LogP contribution is -2.57. The van der Waals surface area contributed by atoms with Gasteiger partial charge in [0.05, 0.1) is 0 Å². The lowest BCUT2D eigenvalue weighted by atomic mass is 9.92. The van der Waals surface area contributed by atoms with Gasteiger partial charge in [0.1, 0.15) is 12.6 Å². The Kier molecular flexibility index (Phi) is 7.20. The fraction of sp³-hybridized carbons (Fsp3) is 0.444. The molecular formula is C27H32N2O5. The van der Waals surface area contributed by atoms with Crippen molar-refractivity contribution in [2.75, 3.05) is 19.7 Å². The van der Waals surface area contributed by atoms with E-state index in [0.29, 0.717) is 25.9 Å². The van der Waals surface area contributed by atoms with Crippen molar-refractivity contribution in [1.82, 2.24) is 10.2 Å². The molecule has 1 saturated heterocycles. The normalized spacial score (nSPS) is 15.9. The minimum absolute atomic E-state index is 0.0391. The van der Waals surface area contributed by atoms with Crippen LogP contribution in [-0.4, -0.2) is 53.7 Å². The topological polar surface area (TPSA) is 95.9 Å². The van der Waals surface area contributed by atoms with Crippen molar-refractivity contribution >= 4 is 18.0 Å². The number of hydrogen-bond donors (Lipinski definition) is 2. The first-order valence-corrected chi connectivity index (χ1v) is 12.0. The summed E-state index contributed by atoms with van der Waals surface area (Å²) >= 11 is 0. The lowest BCUT2D eigenvalue weighted by molar-refractivity contribution is -0.141. The summed E-state index contributed by atoms with van der Waals surface area (Å²) < 4.78 is 5.63. The second-order valence-electron chi connectivity index (χ2n) is 9.69. The summed E-state index contributed by atoms with van der Waals surface area (Å²) in [5.74, 6) is -0.572. The first-order chi connectivity index (χ1) is 16.3. The zero-order valence-corrected chi connectivity index (χ0v) is 19.7. The van der Waals surface area contributed by atoms with Gasteiger partial charge in [0.25, 0.3) is 0 Å². The number of alkyl carbamates (subject to hydrolysis) is 1. The Balaban J connectivity index is 1.35. The summed E-state index contributed by atoms with van der Waals surface area (Å²) in [5, 5.41) is 11.6. The van der Waals surface area contributed by atoms with Crippen LogP contribution in [0.2, 0.25) is 0 Å². The first-order valence-electron chi connectivity index (χ1n) is 12.0. The number of carboxylic acids is 1. The number of amides is 2. The largest absolute Gasteiger partial charge is 0.481 e. The van der Waals surface area contributed by atoms with E-state index in [0.717, 1.165) is 22.3 Å². The van der Waals surface area contributed by atoms with Crippen molar-refractivity contribution in [2.45, 2.75) is 45.1 Å². The van der Waals surface area contributed by atoms with Crippen LogP contribution in [0.5, 0.6) is 0 Å². The van der Waals surface area contributed by atoms with Gasteiger partial charge in [-0.3, -0.25) is 9.59 Å². The molecule has 1 aliphatic heterocycles. The van der Waals surface area contributed by atoms with E-state index in [1.807, 2.05) is 38.1 Å². The molecule has 0 saturated carbocycles. The standard InChI is InChI=1S/C27H32N2O5/c1-17(2)13-24(26(32)29-14-18(15-29)11-12-25(30)31)28-27(33)34-16-23-21-9-5-3-7-19(21)20-8-4-6-10-22(20)23/h3-10,17-18,23-24H,11-16H2,1-2H3,(H,28,33)(H,30,31). The predicted octanol–water partition coefficient (Wildman–Crippen LogP) is 4.26. The Morgan fingerprint density at radius 3 is 2.18 bits per heavy atom. The monoisotopic (exact) mass is 464 g/mol. The molecule has 0 bridgehead atoms. The second-order valence-corrected chi connectivity index (χ2v) is 9.69. The molecule has 0 aromatic heterocycles. The van der Waals surface area contributed by atoms with Crippen LogP contribution in [0.25, 0.3) is 11.1 Å². The minimum atomic E-state index is -0.820. The Morgan fingerprint density at radius 1 is 1.03 bits per heavy atom. The third-order valence-electron chi connectivity index (χ3n) is 6.68. The molecule has 1 fully saturated rings. The van der Waals surface area contributed by atoms with Crippen LogP contribution in [0.3, 0.4) is 0 Å². The summed E-state index contributed by atoms with van der Waals surface area (Å²) in [4.78, 5) is 38.2. The van der Waals surface area contributed by atoms with E-state index < -0.39 is 18.1 Å². The van der Waals surface area contributed by atoms with Gasteiger partial charge in [-0.25, -0.2) is 4.79 Å². The third-order valence-corrected chi connectivity index (χ3v) is 6.68. The van der Waals surface area contributed by atoms with E-state index in [9.17, 15) is 14.4 Å². The van der Waals surface area contributed by atoms with Gasteiger partial charge >= 0.3 is 12.1 Å². The number of fused-ring (bicyclic) bond motifs is 3. The van der Waals surface area contributed by atoms with Crippen molar-refractivity contribution < 1.29 is 24.2 Å². The smallest absolute Gasteiger partial charge is 0.407 e. The van der Waals surface area contributed by atoms with Crippen LogP contribution in [0.4, 0.5) is 4.79 Å². The second kappa shape index (κ2) is 10.3. The number of nitrogens with zero attached hydrogens (tertiary/aromatic N) is 1. The van der Waals surface area contributed by atoms with Crippen LogP contribution >= 0.6 is 0 Å². The number of aliphatic carboxylic acids is 1. The molecule has 34 heavy (non-hydrogen) atoms. The minimum Gasteiger partial charge on any atom is -0.481 e. The zero-order valence-electron chi connectivity index (χ0n) is 19.7. The molecule has 2 aromatic carbocycles. The maximum absolute atomic E-state index is 13.0. The summed E-state index contributed by atoms with van der Waals surface area (Å²) in [7, 11) is 0. The molecule has 7 nitrogen and oxygen atoms in total. The predicted molar refractivity (Wildman–Crippen MR) is 128 cm³/mol. The summed E-state index contributed by atoms with van der Waals surface area (Å²) in [6.07, 6.45) is 0.594. The molecule has 0 spiro atoms. The molecule has 180 valence electrons. The number of carbonyl (C=O) groups excluding carboxylic acids is 2. The average molecular weight is 465 g/mol. The Labute approximate surface area is 200 Å². The average Bonchev–Trinajstić information content (AvgIpc) is 3.09. The molecular weight excluding hydrogens is 432 g/mol. The molecule has 0 radical (unpaired) electrons. The van der Waals surface area contributed by atoms with Gasteiger partial charge in [-0.05, 0) is 46.9 Å². The molecule has 1 aliphatic carbocycles. The maximum Gasteiger partial charge on any atom is 0.407 e. The Morgan fingerprint density at radius 2 is 1.62 bits per heavy atom. The summed E-state index contributed by atoms with van der Waals surface area (Å²) in [5.41, 5.74) is 4.60.